The van der Waals surface area contributed by atoms with E-state index in [9.17, 15) is 9.59 Å². The SMILES string of the molecule is CC(C)n1ccc(CN2CC(=O)NC(C)(C)C2=O)n1. The zero-order valence-corrected chi connectivity index (χ0v) is 11.8. The van der Waals surface area contributed by atoms with E-state index < -0.39 is 5.54 Å². The minimum Gasteiger partial charge on any atom is -0.341 e. The molecular weight excluding hydrogens is 244 g/mol. The minimum absolute atomic E-state index is 0.0776. The molecule has 0 radical (unpaired) electrons. The number of rotatable bonds is 3. The van der Waals surface area contributed by atoms with Gasteiger partial charge in [0.1, 0.15) is 12.1 Å². The number of carbonyl (C=O) groups is 2. The van der Waals surface area contributed by atoms with Crippen LogP contribution in [-0.2, 0) is 16.1 Å². The molecular formula is C13H20N4O2. The van der Waals surface area contributed by atoms with Gasteiger partial charge in [-0.05, 0) is 33.8 Å². The molecule has 0 aromatic carbocycles. The maximum atomic E-state index is 12.2. The van der Waals surface area contributed by atoms with Crippen LogP contribution in [-0.4, -0.2) is 38.6 Å². The van der Waals surface area contributed by atoms with Crippen LogP contribution < -0.4 is 5.32 Å². The van der Waals surface area contributed by atoms with Crippen molar-refractivity contribution in [1.82, 2.24) is 20.0 Å². The Bertz CT molecular complexity index is 504. The number of nitrogens with one attached hydrogen (secondary N) is 1. The first-order chi connectivity index (χ1) is 8.79. The van der Waals surface area contributed by atoms with E-state index >= 15 is 0 Å². The van der Waals surface area contributed by atoms with Gasteiger partial charge in [-0.1, -0.05) is 0 Å². The second-order valence-electron chi connectivity index (χ2n) is 5.72. The van der Waals surface area contributed by atoms with Crippen LogP contribution in [0, 0.1) is 0 Å². The highest BCUT2D eigenvalue weighted by Crippen LogP contribution is 2.16. The van der Waals surface area contributed by atoms with Crippen LogP contribution in [0.15, 0.2) is 12.3 Å². The maximum Gasteiger partial charge on any atom is 0.248 e. The van der Waals surface area contributed by atoms with Gasteiger partial charge in [0.15, 0.2) is 0 Å². The maximum absolute atomic E-state index is 12.2. The lowest BCUT2D eigenvalue weighted by atomic mass is 10.0. The van der Waals surface area contributed by atoms with Gasteiger partial charge in [-0.3, -0.25) is 14.3 Å². The fourth-order valence-corrected chi connectivity index (χ4v) is 2.15. The van der Waals surface area contributed by atoms with Crippen LogP contribution >= 0.6 is 0 Å². The van der Waals surface area contributed by atoms with Gasteiger partial charge in [0.05, 0.1) is 12.2 Å². The number of piperazine rings is 1. The van der Waals surface area contributed by atoms with Gasteiger partial charge in [-0.2, -0.15) is 5.10 Å². The first-order valence-electron chi connectivity index (χ1n) is 6.44. The molecule has 19 heavy (non-hydrogen) atoms. The van der Waals surface area contributed by atoms with Gasteiger partial charge in [-0.25, -0.2) is 0 Å². The quantitative estimate of drug-likeness (QED) is 0.874. The van der Waals surface area contributed by atoms with E-state index in [1.165, 1.54) is 0 Å². The van der Waals surface area contributed by atoms with Crippen molar-refractivity contribution in [1.29, 1.82) is 0 Å². The Morgan fingerprint density at radius 2 is 2.11 bits per heavy atom. The number of nitrogens with zero attached hydrogens (tertiary/aromatic N) is 3. The van der Waals surface area contributed by atoms with E-state index in [0.29, 0.717) is 6.54 Å². The largest absolute Gasteiger partial charge is 0.341 e. The molecule has 0 aliphatic carbocycles. The Kier molecular flexibility index (Phi) is 3.34. The molecule has 1 N–H and O–H groups in total. The van der Waals surface area contributed by atoms with Gasteiger partial charge < -0.3 is 10.2 Å². The molecule has 104 valence electrons. The van der Waals surface area contributed by atoms with Crippen LogP contribution in [0.25, 0.3) is 0 Å². The molecule has 1 aliphatic rings. The van der Waals surface area contributed by atoms with E-state index in [2.05, 4.69) is 10.4 Å². The summed E-state index contributed by atoms with van der Waals surface area (Å²) in [6, 6.07) is 2.16. The summed E-state index contributed by atoms with van der Waals surface area (Å²) in [5, 5.41) is 7.09. The second-order valence-corrected chi connectivity index (χ2v) is 5.72. The van der Waals surface area contributed by atoms with Crippen molar-refractivity contribution in [2.24, 2.45) is 0 Å². The number of hydrogen-bond donors (Lipinski definition) is 1. The Morgan fingerprint density at radius 1 is 1.42 bits per heavy atom. The van der Waals surface area contributed by atoms with E-state index in [4.69, 9.17) is 0 Å². The first kappa shape index (κ1) is 13.6. The standard InChI is InChI=1S/C13H20N4O2/c1-9(2)17-6-5-10(15-17)7-16-8-11(18)14-13(3,4)12(16)19/h5-6,9H,7-8H2,1-4H3,(H,14,18). The summed E-state index contributed by atoms with van der Waals surface area (Å²) in [7, 11) is 0. The Hall–Kier alpha value is -1.85. The van der Waals surface area contributed by atoms with Gasteiger partial charge in [0.2, 0.25) is 11.8 Å². The highest BCUT2D eigenvalue weighted by atomic mass is 16.2. The molecule has 0 saturated carbocycles. The lowest BCUT2D eigenvalue weighted by molar-refractivity contribution is -0.149. The van der Waals surface area contributed by atoms with Crippen molar-refractivity contribution in [2.75, 3.05) is 6.54 Å². The van der Waals surface area contributed by atoms with Crippen LogP contribution in [0.3, 0.4) is 0 Å². The van der Waals surface area contributed by atoms with Crippen molar-refractivity contribution >= 4 is 11.8 Å². The smallest absolute Gasteiger partial charge is 0.248 e. The molecule has 6 heteroatoms. The van der Waals surface area contributed by atoms with Crippen molar-refractivity contribution in [3.05, 3.63) is 18.0 Å². The highest BCUT2D eigenvalue weighted by Gasteiger charge is 2.39. The van der Waals surface area contributed by atoms with Crippen molar-refractivity contribution in [3.63, 3.8) is 0 Å². The fourth-order valence-electron chi connectivity index (χ4n) is 2.15. The number of amides is 2. The second kappa shape index (κ2) is 4.68. The Labute approximate surface area is 112 Å². The Balaban J connectivity index is 2.13. The molecule has 6 nitrogen and oxygen atoms in total. The molecule has 0 spiro atoms. The summed E-state index contributed by atoms with van der Waals surface area (Å²) in [4.78, 5) is 25.4. The molecule has 1 saturated heterocycles. The third-order valence-corrected chi connectivity index (χ3v) is 3.15. The lowest BCUT2D eigenvalue weighted by Gasteiger charge is -2.37. The average Bonchev–Trinajstić information content (AvgIpc) is 2.73. The number of hydrogen-bond acceptors (Lipinski definition) is 3. The zero-order valence-electron chi connectivity index (χ0n) is 11.8. The molecule has 0 bridgehead atoms. The summed E-state index contributed by atoms with van der Waals surface area (Å²) < 4.78 is 1.84. The lowest BCUT2D eigenvalue weighted by Crippen LogP contribution is -2.63. The zero-order chi connectivity index (χ0) is 14.2. The molecule has 0 unspecified atom stereocenters. The van der Waals surface area contributed by atoms with E-state index in [0.717, 1.165) is 5.69 Å². The van der Waals surface area contributed by atoms with E-state index in [-0.39, 0.29) is 24.4 Å². The van der Waals surface area contributed by atoms with Crippen LogP contribution in [0.4, 0.5) is 0 Å². The van der Waals surface area contributed by atoms with Gasteiger partial charge in [-0.15, -0.1) is 0 Å². The van der Waals surface area contributed by atoms with Crippen LogP contribution in [0.1, 0.15) is 39.4 Å². The monoisotopic (exact) mass is 264 g/mol. The van der Waals surface area contributed by atoms with Crippen LogP contribution in [0.5, 0.6) is 0 Å². The summed E-state index contributed by atoms with van der Waals surface area (Å²) in [5.41, 5.74) is -0.0387. The van der Waals surface area contributed by atoms with E-state index in [1.54, 1.807) is 18.7 Å². The fraction of sp³-hybridized carbons (Fsp3) is 0.615. The van der Waals surface area contributed by atoms with Crippen molar-refractivity contribution in [3.8, 4) is 0 Å². The molecule has 2 rings (SSSR count). The van der Waals surface area contributed by atoms with Gasteiger partial charge in [0, 0.05) is 12.2 Å². The Morgan fingerprint density at radius 3 is 2.68 bits per heavy atom. The third-order valence-electron chi connectivity index (χ3n) is 3.15. The molecule has 1 aliphatic heterocycles. The van der Waals surface area contributed by atoms with Crippen molar-refractivity contribution in [2.45, 2.75) is 45.8 Å². The number of carbonyl (C=O) groups excluding carboxylic acids is 2. The first-order valence-corrected chi connectivity index (χ1v) is 6.44. The van der Waals surface area contributed by atoms with Crippen molar-refractivity contribution < 1.29 is 9.59 Å². The summed E-state index contributed by atoms with van der Waals surface area (Å²) in [6.07, 6.45) is 1.89. The number of aromatic nitrogens is 2. The topological polar surface area (TPSA) is 67.2 Å². The predicted octanol–water partition coefficient (Wildman–Crippen LogP) is 0.701. The van der Waals surface area contributed by atoms with E-state index in [1.807, 2.05) is 30.8 Å². The van der Waals surface area contributed by atoms with Gasteiger partial charge in [0.25, 0.3) is 0 Å². The third kappa shape index (κ3) is 2.77. The van der Waals surface area contributed by atoms with Gasteiger partial charge >= 0.3 is 0 Å². The normalized spacial score (nSPS) is 18.9. The summed E-state index contributed by atoms with van der Waals surface area (Å²) in [6.45, 7) is 7.98. The highest BCUT2D eigenvalue weighted by molar-refractivity contribution is 5.97. The molecule has 0 atom stereocenters. The molecule has 1 aromatic heterocycles. The van der Waals surface area contributed by atoms with Crippen LogP contribution in [0.2, 0.25) is 0 Å². The summed E-state index contributed by atoms with van der Waals surface area (Å²) >= 11 is 0. The predicted molar refractivity (Wildman–Crippen MR) is 70.3 cm³/mol. The molecule has 2 amide bonds. The average molecular weight is 264 g/mol. The molecule has 2 heterocycles. The molecule has 1 fully saturated rings. The molecule has 1 aromatic rings. The summed E-state index contributed by atoms with van der Waals surface area (Å²) in [5.74, 6) is -0.209. The minimum atomic E-state index is -0.837.